The topological polar surface area (TPSA) is 59.1 Å². The summed E-state index contributed by atoms with van der Waals surface area (Å²) in [7, 11) is 0. The molecule has 4 heteroatoms. The van der Waals surface area contributed by atoms with Gasteiger partial charge in [0.05, 0.1) is 23.5 Å². The maximum atomic E-state index is 12.8. The van der Waals surface area contributed by atoms with E-state index in [4.69, 9.17) is 10.8 Å². The number of rotatable bonds is 2. The molecule has 0 saturated heterocycles. The molecule has 0 spiro atoms. The average molecular weight is 184 g/mol. The van der Waals surface area contributed by atoms with Crippen LogP contribution in [0.3, 0.4) is 0 Å². The van der Waals surface area contributed by atoms with Gasteiger partial charge in [0.25, 0.3) is 0 Å². The van der Waals surface area contributed by atoms with Crippen LogP contribution in [0.1, 0.15) is 18.3 Å². The molecule has 0 bridgehead atoms. The van der Waals surface area contributed by atoms with Crippen molar-refractivity contribution < 1.29 is 9.50 Å². The molecule has 72 valence electrons. The van der Waals surface area contributed by atoms with Crippen LogP contribution in [0.4, 0.5) is 4.39 Å². The summed E-state index contributed by atoms with van der Waals surface area (Å²) in [6.07, 6.45) is 0. The van der Waals surface area contributed by atoms with Gasteiger partial charge in [-0.2, -0.15) is 0 Å². The van der Waals surface area contributed by atoms with Crippen LogP contribution in [-0.4, -0.2) is 16.7 Å². The van der Waals surface area contributed by atoms with E-state index in [9.17, 15) is 4.39 Å². The van der Waals surface area contributed by atoms with Gasteiger partial charge >= 0.3 is 0 Å². The molecule has 0 amide bonds. The smallest absolute Gasteiger partial charge is 0.144 e. The van der Waals surface area contributed by atoms with Crippen LogP contribution in [0.2, 0.25) is 0 Å². The highest BCUT2D eigenvalue weighted by Crippen LogP contribution is 2.15. The first-order valence-corrected chi connectivity index (χ1v) is 4.01. The Hall–Kier alpha value is -1.00. The Morgan fingerprint density at radius 2 is 2.23 bits per heavy atom. The van der Waals surface area contributed by atoms with Gasteiger partial charge in [-0.25, -0.2) is 4.39 Å². The number of nitrogens with two attached hydrogens (primary N) is 1. The maximum Gasteiger partial charge on any atom is 0.144 e. The van der Waals surface area contributed by atoms with E-state index in [1.807, 2.05) is 0 Å². The zero-order chi connectivity index (χ0) is 10.1. The van der Waals surface area contributed by atoms with Crippen molar-refractivity contribution in [2.45, 2.75) is 19.4 Å². The predicted octanol–water partition coefficient (Wildman–Crippen LogP) is 0.695. The first-order valence-electron chi connectivity index (χ1n) is 4.01. The highest BCUT2D eigenvalue weighted by atomic mass is 19.1. The maximum absolute atomic E-state index is 12.8. The van der Waals surface area contributed by atoms with Gasteiger partial charge in [0, 0.05) is 0 Å². The van der Waals surface area contributed by atoms with Crippen LogP contribution < -0.4 is 5.73 Å². The quantitative estimate of drug-likeness (QED) is 0.711. The number of pyridine rings is 1. The van der Waals surface area contributed by atoms with Gasteiger partial charge in [0.1, 0.15) is 5.82 Å². The Morgan fingerprint density at radius 3 is 2.69 bits per heavy atom. The molecule has 1 heterocycles. The SMILES string of the molecule is Cc1nc([C@](C)(N)CO)ccc1F. The normalized spacial score (nSPS) is 15.5. The van der Waals surface area contributed by atoms with Gasteiger partial charge in [-0.05, 0) is 26.0 Å². The summed E-state index contributed by atoms with van der Waals surface area (Å²) in [6.45, 7) is 2.99. The molecule has 0 aromatic carbocycles. The number of nitrogens with zero attached hydrogens (tertiary/aromatic N) is 1. The minimum atomic E-state index is -0.904. The van der Waals surface area contributed by atoms with Crippen molar-refractivity contribution in [1.29, 1.82) is 0 Å². The summed E-state index contributed by atoms with van der Waals surface area (Å²) in [5.74, 6) is -0.363. The van der Waals surface area contributed by atoms with Gasteiger partial charge in [-0.1, -0.05) is 0 Å². The Kier molecular flexibility index (Phi) is 2.63. The Labute approximate surface area is 76.4 Å². The lowest BCUT2D eigenvalue weighted by atomic mass is 10.00. The molecular weight excluding hydrogens is 171 g/mol. The van der Waals surface area contributed by atoms with E-state index in [1.54, 1.807) is 13.8 Å². The molecule has 0 unspecified atom stereocenters. The van der Waals surface area contributed by atoms with Crippen molar-refractivity contribution in [2.24, 2.45) is 5.73 Å². The van der Waals surface area contributed by atoms with Crippen molar-refractivity contribution >= 4 is 0 Å². The number of aryl methyl sites for hydroxylation is 1. The molecule has 13 heavy (non-hydrogen) atoms. The zero-order valence-electron chi connectivity index (χ0n) is 7.71. The van der Waals surface area contributed by atoms with Gasteiger partial charge in [0.2, 0.25) is 0 Å². The van der Waals surface area contributed by atoms with E-state index in [0.29, 0.717) is 11.4 Å². The first-order chi connectivity index (χ1) is 5.97. The molecule has 0 fully saturated rings. The zero-order valence-corrected chi connectivity index (χ0v) is 7.71. The number of aromatic nitrogens is 1. The lowest BCUT2D eigenvalue weighted by molar-refractivity contribution is 0.206. The third kappa shape index (κ3) is 2.02. The lowest BCUT2D eigenvalue weighted by Crippen LogP contribution is -2.38. The molecule has 1 aromatic rings. The molecule has 0 radical (unpaired) electrons. The van der Waals surface area contributed by atoms with Crippen molar-refractivity contribution in [3.63, 3.8) is 0 Å². The molecule has 0 aliphatic carbocycles. The second-order valence-electron chi connectivity index (χ2n) is 3.34. The summed E-state index contributed by atoms with van der Waals surface area (Å²) < 4.78 is 12.8. The molecule has 0 aliphatic rings. The Morgan fingerprint density at radius 1 is 1.62 bits per heavy atom. The highest BCUT2D eigenvalue weighted by molar-refractivity contribution is 5.18. The lowest BCUT2D eigenvalue weighted by Gasteiger charge is -2.21. The van der Waals surface area contributed by atoms with Crippen molar-refractivity contribution in [2.75, 3.05) is 6.61 Å². The van der Waals surface area contributed by atoms with Gasteiger partial charge in [0.15, 0.2) is 0 Å². The molecule has 0 saturated carbocycles. The van der Waals surface area contributed by atoms with Crippen molar-refractivity contribution in [1.82, 2.24) is 4.98 Å². The van der Waals surface area contributed by atoms with Crippen LogP contribution in [0.25, 0.3) is 0 Å². The molecule has 0 aliphatic heterocycles. The molecule has 1 aromatic heterocycles. The Balaban J connectivity index is 3.10. The standard InChI is InChI=1S/C9H13FN2O/c1-6-7(10)3-4-8(12-6)9(2,11)5-13/h3-4,13H,5,11H2,1-2H3/t9-/m1/s1. The third-order valence-electron chi connectivity index (χ3n) is 1.93. The molecule has 1 atom stereocenters. The fraction of sp³-hybridized carbons (Fsp3) is 0.444. The second-order valence-corrected chi connectivity index (χ2v) is 3.34. The van der Waals surface area contributed by atoms with Crippen LogP contribution in [0.15, 0.2) is 12.1 Å². The third-order valence-corrected chi connectivity index (χ3v) is 1.93. The monoisotopic (exact) mass is 184 g/mol. The van der Waals surface area contributed by atoms with E-state index in [2.05, 4.69) is 4.98 Å². The van der Waals surface area contributed by atoms with Crippen LogP contribution in [-0.2, 0) is 5.54 Å². The van der Waals surface area contributed by atoms with E-state index in [0.717, 1.165) is 0 Å². The first kappa shape index (κ1) is 10.1. The number of hydrogen-bond donors (Lipinski definition) is 2. The van der Waals surface area contributed by atoms with Crippen LogP contribution in [0, 0.1) is 12.7 Å². The largest absolute Gasteiger partial charge is 0.394 e. The van der Waals surface area contributed by atoms with E-state index in [1.165, 1.54) is 12.1 Å². The summed E-state index contributed by atoms with van der Waals surface area (Å²) >= 11 is 0. The van der Waals surface area contributed by atoms with Crippen LogP contribution in [0.5, 0.6) is 0 Å². The van der Waals surface area contributed by atoms with Crippen molar-refractivity contribution in [3.8, 4) is 0 Å². The summed E-state index contributed by atoms with van der Waals surface area (Å²) in [4.78, 5) is 3.96. The summed E-state index contributed by atoms with van der Waals surface area (Å²) in [5.41, 5.74) is 5.61. The van der Waals surface area contributed by atoms with E-state index >= 15 is 0 Å². The predicted molar refractivity (Wildman–Crippen MR) is 47.6 cm³/mol. The number of aliphatic hydroxyl groups is 1. The molecular formula is C9H13FN2O. The highest BCUT2D eigenvalue weighted by Gasteiger charge is 2.22. The van der Waals surface area contributed by atoms with E-state index < -0.39 is 5.54 Å². The Bertz CT molecular complexity index is 312. The summed E-state index contributed by atoms with van der Waals surface area (Å²) in [6, 6.07) is 2.79. The minimum Gasteiger partial charge on any atom is -0.394 e. The van der Waals surface area contributed by atoms with Crippen LogP contribution >= 0.6 is 0 Å². The number of hydrogen-bond acceptors (Lipinski definition) is 3. The summed E-state index contributed by atoms with van der Waals surface area (Å²) in [5, 5.41) is 8.95. The second kappa shape index (κ2) is 3.40. The molecule has 3 N–H and O–H groups in total. The molecule has 1 rings (SSSR count). The fourth-order valence-electron chi connectivity index (χ4n) is 0.943. The minimum absolute atomic E-state index is 0.217. The van der Waals surface area contributed by atoms with Gasteiger partial charge in [-0.3, -0.25) is 4.98 Å². The van der Waals surface area contributed by atoms with Gasteiger partial charge in [-0.15, -0.1) is 0 Å². The van der Waals surface area contributed by atoms with Gasteiger partial charge < -0.3 is 10.8 Å². The average Bonchev–Trinajstić information content (AvgIpc) is 2.09. The fourth-order valence-corrected chi connectivity index (χ4v) is 0.943. The van der Waals surface area contributed by atoms with Crippen molar-refractivity contribution in [3.05, 3.63) is 29.3 Å². The number of halogens is 1. The molecule has 3 nitrogen and oxygen atoms in total. The number of aliphatic hydroxyl groups excluding tert-OH is 1. The van der Waals surface area contributed by atoms with E-state index in [-0.39, 0.29) is 12.4 Å².